The molecule has 0 saturated heterocycles. The Morgan fingerprint density at radius 1 is 1.16 bits per heavy atom. The zero-order valence-corrected chi connectivity index (χ0v) is 14.9. The van der Waals surface area contributed by atoms with Gasteiger partial charge in [-0.15, -0.1) is 0 Å². The van der Waals surface area contributed by atoms with Crippen molar-refractivity contribution in [3.8, 4) is 11.3 Å². The minimum Gasteiger partial charge on any atom is -0.469 e. The van der Waals surface area contributed by atoms with Gasteiger partial charge in [0.15, 0.2) is 0 Å². The summed E-state index contributed by atoms with van der Waals surface area (Å²) in [5.74, 6) is -0.228. The van der Waals surface area contributed by atoms with Gasteiger partial charge in [0.2, 0.25) is 0 Å². The average molecular weight is 352 g/mol. The summed E-state index contributed by atoms with van der Waals surface area (Å²) in [6, 6.07) is 16.1. The number of pyridine rings is 1. The van der Waals surface area contributed by atoms with Crippen molar-refractivity contribution in [2.45, 2.75) is 25.2 Å². The highest BCUT2D eigenvalue weighted by Crippen LogP contribution is 2.53. The maximum atomic E-state index is 12.2. The molecule has 1 aliphatic carbocycles. The number of fused-ring (bicyclic) bond motifs is 4. The van der Waals surface area contributed by atoms with E-state index in [0.717, 1.165) is 39.7 Å². The van der Waals surface area contributed by atoms with Gasteiger partial charge in [-0.3, -0.25) is 4.79 Å². The second-order valence-electron chi connectivity index (χ2n) is 6.46. The summed E-state index contributed by atoms with van der Waals surface area (Å²) in [5, 5.41) is 1.74. The number of carbonyl (C=O) groups excluding carboxylic acids is 1. The molecule has 1 aliphatic rings. The van der Waals surface area contributed by atoms with Gasteiger partial charge >= 0.3 is 5.97 Å². The summed E-state index contributed by atoms with van der Waals surface area (Å²) in [5.41, 5.74) is 4.63. The third-order valence-corrected chi connectivity index (χ3v) is 5.50. The molecule has 3 nitrogen and oxygen atoms in total. The highest BCUT2D eigenvalue weighted by Gasteiger charge is 2.44. The summed E-state index contributed by atoms with van der Waals surface area (Å²) in [6.07, 6.45) is 1.04. The van der Waals surface area contributed by atoms with E-state index in [-0.39, 0.29) is 12.4 Å². The van der Waals surface area contributed by atoms with E-state index in [0.29, 0.717) is 5.02 Å². The minimum absolute atomic E-state index is 0.228. The van der Waals surface area contributed by atoms with Crippen LogP contribution in [0.2, 0.25) is 5.02 Å². The molecule has 1 unspecified atom stereocenters. The van der Waals surface area contributed by atoms with Crippen molar-refractivity contribution in [3.63, 3.8) is 0 Å². The predicted octanol–water partition coefficient (Wildman–Crippen LogP) is 5.13. The average Bonchev–Trinajstić information content (AvgIpc) is 2.89. The van der Waals surface area contributed by atoms with E-state index in [1.165, 1.54) is 7.11 Å². The molecule has 4 heteroatoms. The zero-order valence-electron chi connectivity index (χ0n) is 14.2. The van der Waals surface area contributed by atoms with Crippen LogP contribution in [0.25, 0.3) is 22.2 Å². The lowest BCUT2D eigenvalue weighted by atomic mass is 9.73. The van der Waals surface area contributed by atoms with Gasteiger partial charge in [-0.2, -0.15) is 0 Å². The van der Waals surface area contributed by atoms with Crippen molar-refractivity contribution in [1.29, 1.82) is 0 Å². The normalized spacial score (nSPS) is 18.0. The molecule has 0 radical (unpaired) electrons. The fourth-order valence-corrected chi connectivity index (χ4v) is 4.14. The number of carbonyl (C=O) groups is 1. The van der Waals surface area contributed by atoms with Crippen LogP contribution in [0.4, 0.5) is 0 Å². The highest BCUT2D eigenvalue weighted by atomic mass is 35.5. The SMILES string of the molecule is CCC1(CC(=O)OC)c2cc(Cl)ccc2-c2nc3ccccc3cc21. The van der Waals surface area contributed by atoms with Gasteiger partial charge in [0.25, 0.3) is 0 Å². The molecule has 0 saturated carbocycles. The molecule has 1 heterocycles. The molecular weight excluding hydrogens is 334 g/mol. The van der Waals surface area contributed by atoms with E-state index in [2.05, 4.69) is 19.1 Å². The molecule has 0 bridgehead atoms. The Kier molecular flexibility index (Phi) is 3.77. The molecule has 0 N–H and O–H groups in total. The lowest BCUT2D eigenvalue weighted by Gasteiger charge is -2.29. The topological polar surface area (TPSA) is 39.2 Å². The molecule has 4 rings (SSSR count). The van der Waals surface area contributed by atoms with E-state index in [9.17, 15) is 4.79 Å². The number of aromatic nitrogens is 1. The molecule has 126 valence electrons. The smallest absolute Gasteiger partial charge is 0.306 e. The van der Waals surface area contributed by atoms with Crippen molar-refractivity contribution in [1.82, 2.24) is 4.98 Å². The molecular formula is C21H18ClNO2. The number of nitrogens with zero attached hydrogens (tertiary/aromatic N) is 1. The summed E-state index contributed by atoms with van der Waals surface area (Å²) in [7, 11) is 1.43. The molecule has 2 aromatic carbocycles. The van der Waals surface area contributed by atoms with Crippen LogP contribution in [-0.2, 0) is 14.9 Å². The van der Waals surface area contributed by atoms with Gasteiger partial charge in [-0.1, -0.05) is 42.8 Å². The minimum atomic E-state index is -0.459. The standard InChI is InChI=1S/C21H18ClNO2/c1-3-21(12-19(24)25-2)16-11-14(22)8-9-15(16)20-17(21)10-13-6-4-5-7-18(13)23-20/h4-11H,3,12H2,1-2H3. The number of ether oxygens (including phenoxy) is 1. The fraction of sp³-hybridized carbons (Fsp3) is 0.238. The van der Waals surface area contributed by atoms with Gasteiger partial charge in [0, 0.05) is 21.4 Å². The first-order valence-electron chi connectivity index (χ1n) is 8.36. The molecule has 0 spiro atoms. The Balaban J connectivity index is 2.06. The molecule has 3 aromatic rings. The van der Waals surface area contributed by atoms with E-state index in [1.807, 2.05) is 36.4 Å². The van der Waals surface area contributed by atoms with Crippen LogP contribution in [-0.4, -0.2) is 18.1 Å². The van der Waals surface area contributed by atoms with Crippen molar-refractivity contribution in [3.05, 3.63) is 64.7 Å². The molecule has 1 aromatic heterocycles. The number of hydrogen-bond acceptors (Lipinski definition) is 3. The lowest BCUT2D eigenvalue weighted by molar-refractivity contribution is -0.141. The highest BCUT2D eigenvalue weighted by molar-refractivity contribution is 6.30. The van der Waals surface area contributed by atoms with E-state index in [4.69, 9.17) is 21.3 Å². The summed E-state index contributed by atoms with van der Waals surface area (Å²) >= 11 is 6.29. The third kappa shape index (κ3) is 2.34. The summed E-state index contributed by atoms with van der Waals surface area (Å²) in [6.45, 7) is 2.10. The first-order valence-corrected chi connectivity index (χ1v) is 8.74. The molecule has 0 fully saturated rings. The van der Waals surface area contributed by atoms with Crippen molar-refractivity contribution >= 4 is 28.5 Å². The quantitative estimate of drug-likeness (QED) is 0.614. The molecule has 25 heavy (non-hydrogen) atoms. The van der Waals surface area contributed by atoms with Crippen molar-refractivity contribution in [2.24, 2.45) is 0 Å². The Morgan fingerprint density at radius 2 is 1.96 bits per heavy atom. The van der Waals surface area contributed by atoms with E-state index in [1.54, 1.807) is 0 Å². The third-order valence-electron chi connectivity index (χ3n) is 5.27. The van der Waals surface area contributed by atoms with Crippen LogP contribution >= 0.6 is 11.6 Å². The Morgan fingerprint density at radius 3 is 2.72 bits per heavy atom. The number of halogens is 1. The number of methoxy groups -OCH3 is 1. The number of rotatable bonds is 3. The van der Waals surface area contributed by atoms with Crippen molar-refractivity contribution < 1.29 is 9.53 Å². The number of benzene rings is 2. The molecule has 0 amide bonds. The van der Waals surface area contributed by atoms with E-state index < -0.39 is 5.41 Å². The van der Waals surface area contributed by atoms with Gasteiger partial charge in [0.1, 0.15) is 0 Å². The van der Waals surface area contributed by atoms with Crippen LogP contribution in [0.5, 0.6) is 0 Å². The largest absolute Gasteiger partial charge is 0.469 e. The number of para-hydroxylation sites is 1. The Hall–Kier alpha value is -2.39. The molecule has 0 aliphatic heterocycles. The van der Waals surface area contributed by atoms with Crippen LogP contribution in [0, 0.1) is 0 Å². The van der Waals surface area contributed by atoms with Crippen LogP contribution in [0.1, 0.15) is 30.9 Å². The van der Waals surface area contributed by atoms with Gasteiger partial charge in [-0.25, -0.2) is 4.98 Å². The Labute approximate surface area is 151 Å². The number of esters is 1. The first kappa shape index (κ1) is 16.1. The summed E-state index contributed by atoms with van der Waals surface area (Å²) in [4.78, 5) is 17.1. The summed E-state index contributed by atoms with van der Waals surface area (Å²) < 4.78 is 4.99. The fourth-order valence-electron chi connectivity index (χ4n) is 3.96. The maximum absolute atomic E-state index is 12.2. The van der Waals surface area contributed by atoms with Gasteiger partial charge < -0.3 is 4.74 Å². The second kappa shape index (κ2) is 5.85. The Bertz CT molecular complexity index is 998. The number of hydrogen-bond donors (Lipinski definition) is 0. The second-order valence-corrected chi connectivity index (χ2v) is 6.89. The lowest BCUT2D eigenvalue weighted by Crippen LogP contribution is -2.28. The predicted molar refractivity (Wildman–Crippen MR) is 99.9 cm³/mol. The monoisotopic (exact) mass is 351 g/mol. The van der Waals surface area contributed by atoms with Crippen LogP contribution in [0.3, 0.4) is 0 Å². The van der Waals surface area contributed by atoms with E-state index >= 15 is 0 Å². The van der Waals surface area contributed by atoms with Gasteiger partial charge in [-0.05, 0) is 41.8 Å². The molecule has 1 atom stereocenters. The zero-order chi connectivity index (χ0) is 17.6. The first-order chi connectivity index (χ1) is 12.1. The van der Waals surface area contributed by atoms with Gasteiger partial charge in [0.05, 0.1) is 24.7 Å². The van der Waals surface area contributed by atoms with Crippen molar-refractivity contribution in [2.75, 3.05) is 7.11 Å². The van der Waals surface area contributed by atoms with Crippen LogP contribution in [0.15, 0.2) is 48.5 Å². The van der Waals surface area contributed by atoms with Crippen LogP contribution < -0.4 is 0 Å². The maximum Gasteiger partial charge on any atom is 0.306 e.